The molecule has 1 saturated heterocycles. The molecule has 0 unspecified atom stereocenters. The van der Waals surface area contributed by atoms with Crippen LogP contribution in [0.25, 0.3) is 0 Å². The standard InChI is InChI=1S/C18H27NO2/c20-18(16-9-5-2-6-10-16,17-14-19-11-12-21-17)13-15-7-3-1-4-8-15/h1,3-4,7-8,16-17,19-20H,2,5-6,9-14H2/t17-,18-/m0/s1. The predicted molar refractivity (Wildman–Crippen MR) is 84.3 cm³/mol. The van der Waals surface area contributed by atoms with Crippen molar-refractivity contribution in [3.63, 3.8) is 0 Å². The first-order valence-corrected chi connectivity index (χ1v) is 8.37. The molecule has 2 aliphatic rings. The van der Waals surface area contributed by atoms with Gasteiger partial charge in [-0.15, -0.1) is 0 Å². The molecule has 1 aromatic rings. The Labute approximate surface area is 127 Å². The smallest absolute Gasteiger partial charge is 0.0992 e. The Morgan fingerprint density at radius 3 is 2.57 bits per heavy atom. The van der Waals surface area contributed by atoms with Gasteiger partial charge in [-0.1, -0.05) is 49.6 Å². The van der Waals surface area contributed by atoms with Gasteiger partial charge in [-0.2, -0.15) is 0 Å². The second-order valence-electron chi connectivity index (χ2n) is 6.55. The van der Waals surface area contributed by atoms with Crippen LogP contribution in [0.15, 0.2) is 30.3 Å². The molecule has 1 heterocycles. The fourth-order valence-corrected chi connectivity index (χ4v) is 3.93. The van der Waals surface area contributed by atoms with E-state index in [-0.39, 0.29) is 6.10 Å². The minimum atomic E-state index is -0.741. The lowest BCUT2D eigenvalue weighted by Gasteiger charge is -2.45. The molecule has 0 spiro atoms. The first-order valence-electron chi connectivity index (χ1n) is 8.37. The molecule has 3 nitrogen and oxygen atoms in total. The number of nitrogens with one attached hydrogen (secondary N) is 1. The van der Waals surface area contributed by atoms with Crippen LogP contribution < -0.4 is 5.32 Å². The van der Waals surface area contributed by atoms with Crippen molar-refractivity contribution in [2.45, 2.75) is 50.2 Å². The van der Waals surface area contributed by atoms with Gasteiger partial charge in [0.25, 0.3) is 0 Å². The van der Waals surface area contributed by atoms with Gasteiger partial charge in [0.15, 0.2) is 0 Å². The molecule has 1 aliphatic carbocycles. The number of hydrogen-bond acceptors (Lipinski definition) is 3. The highest BCUT2D eigenvalue weighted by molar-refractivity contribution is 5.19. The molecule has 2 fully saturated rings. The van der Waals surface area contributed by atoms with Crippen molar-refractivity contribution in [2.75, 3.05) is 19.7 Å². The summed E-state index contributed by atoms with van der Waals surface area (Å²) in [5.74, 6) is 0.358. The van der Waals surface area contributed by atoms with Crippen molar-refractivity contribution < 1.29 is 9.84 Å². The second-order valence-corrected chi connectivity index (χ2v) is 6.55. The predicted octanol–water partition coefficient (Wildman–Crippen LogP) is 2.53. The number of benzene rings is 1. The molecule has 1 aliphatic heterocycles. The molecule has 116 valence electrons. The van der Waals surface area contributed by atoms with Crippen LogP contribution in [-0.4, -0.2) is 36.5 Å². The summed E-state index contributed by atoms with van der Waals surface area (Å²) >= 11 is 0. The largest absolute Gasteiger partial charge is 0.386 e. The van der Waals surface area contributed by atoms with E-state index in [4.69, 9.17) is 4.74 Å². The minimum Gasteiger partial charge on any atom is -0.386 e. The van der Waals surface area contributed by atoms with Crippen LogP contribution in [0.1, 0.15) is 37.7 Å². The fraction of sp³-hybridized carbons (Fsp3) is 0.667. The van der Waals surface area contributed by atoms with Crippen molar-refractivity contribution in [1.29, 1.82) is 0 Å². The molecule has 0 aromatic heterocycles. The van der Waals surface area contributed by atoms with Crippen LogP contribution >= 0.6 is 0 Å². The number of rotatable bonds is 4. The maximum Gasteiger partial charge on any atom is 0.0992 e. The van der Waals surface area contributed by atoms with Gasteiger partial charge in [0.1, 0.15) is 0 Å². The van der Waals surface area contributed by atoms with Crippen molar-refractivity contribution in [2.24, 2.45) is 5.92 Å². The number of ether oxygens (including phenoxy) is 1. The molecular formula is C18H27NO2. The molecule has 0 amide bonds. The first kappa shape index (κ1) is 15.0. The Morgan fingerprint density at radius 1 is 1.14 bits per heavy atom. The Morgan fingerprint density at radius 2 is 1.90 bits per heavy atom. The molecule has 0 bridgehead atoms. The molecule has 21 heavy (non-hydrogen) atoms. The van der Waals surface area contributed by atoms with E-state index < -0.39 is 5.60 Å². The number of hydrogen-bond donors (Lipinski definition) is 2. The summed E-state index contributed by atoms with van der Waals surface area (Å²) in [5, 5.41) is 14.9. The molecule has 1 aromatic carbocycles. The van der Waals surface area contributed by atoms with Gasteiger partial charge < -0.3 is 15.2 Å². The highest BCUT2D eigenvalue weighted by Gasteiger charge is 2.45. The average Bonchev–Trinajstić information content (AvgIpc) is 2.57. The first-order chi connectivity index (χ1) is 10.3. The molecule has 2 atom stereocenters. The van der Waals surface area contributed by atoms with E-state index >= 15 is 0 Å². The van der Waals surface area contributed by atoms with E-state index in [1.807, 2.05) is 6.07 Å². The minimum absolute atomic E-state index is 0.0884. The summed E-state index contributed by atoms with van der Waals surface area (Å²) in [4.78, 5) is 0. The third-order valence-electron chi connectivity index (χ3n) is 5.13. The summed E-state index contributed by atoms with van der Waals surface area (Å²) in [6.07, 6.45) is 6.65. The summed E-state index contributed by atoms with van der Waals surface area (Å²) < 4.78 is 5.96. The summed E-state index contributed by atoms with van der Waals surface area (Å²) in [5.41, 5.74) is 0.467. The zero-order chi connectivity index (χ0) is 14.5. The van der Waals surface area contributed by atoms with Crippen LogP contribution in [0.4, 0.5) is 0 Å². The molecule has 2 N–H and O–H groups in total. The van der Waals surface area contributed by atoms with E-state index in [9.17, 15) is 5.11 Å². The third-order valence-corrected chi connectivity index (χ3v) is 5.13. The Balaban J connectivity index is 1.81. The van der Waals surface area contributed by atoms with Gasteiger partial charge in [0, 0.05) is 19.5 Å². The Kier molecular flexibility index (Phi) is 4.94. The molecule has 3 heteroatoms. The maximum atomic E-state index is 11.5. The Bertz CT molecular complexity index is 404. The van der Waals surface area contributed by atoms with Gasteiger partial charge in [-0.3, -0.25) is 0 Å². The number of aliphatic hydroxyl groups is 1. The zero-order valence-electron chi connectivity index (χ0n) is 12.8. The van der Waals surface area contributed by atoms with Crippen molar-refractivity contribution in [3.8, 4) is 0 Å². The van der Waals surface area contributed by atoms with Gasteiger partial charge in [-0.25, -0.2) is 0 Å². The van der Waals surface area contributed by atoms with Crippen LogP contribution in [0.5, 0.6) is 0 Å². The lowest BCUT2D eigenvalue weighted by atomic mass is 9.71. The average molecular weight is 289 g/mol. The van der Waals surface area contributed by atoms with Crippen molar-refractivity contribution in [3.05, 3.63) is 35.9 Å². The van der Waals surface area contributed by atoms with Crippen LogP contribution in [0.2, 0.25) is 0 Å². The van der Waals surface area contributed by atoms with Crippen molar-refractivity contribution in [1.82, 2.24) is 5.32 Å². The van der Waals surface area contributed by atoms with Crippen molar-refractivity contribution >= 4 is 0 Å². The van der Waals surface area contributed by atoms with E-state index in [1.165, 1.54) is 24.8 Å². The highest BCUT2D eigenvalue weighted by atomic mass is 16.5. The van der Waals surface area contributed by atoms with Gasteiger partial charge in [0.2, 0.25) is 0 Å². The maximum absolute atomic E-state index is 11.5. The monoisotopic (exact) mass is 289 g/mol. The molecule has 0 radical (unpaired) electrons. The lowest BCUT2D eigenvalue weighted by Crippen LogP contribution is -2.58. The number of morpholine rings is 1. The quantitative estimate of drug-likeness (QED) is 0.895. The molecule has 3 rings (SSSR count). The fourth-order valence-electron chi connectivity index (χ4n) is 3.93. The van der Waals surface area contributed by atoms with E-state index in [0.717, 1.165) is 25.9 Å². The highest BCUT2D eigenvalue weighted by Crippen LogP contribution is 2.38. The topological polar surface area (TPSA) is 41.5 Å². The van der Waals surface area contributed by atoms with Crippen LogP contribution in [0, 0.1) is 5.92 Å². The SMILES string of the molecule is O[C@@](Cc1ccccc1)(C1CCCCC1)[C@@H]1CNCCO1. The van der Waals surface area contributed by atoms with Crippen LogP contribution in [0.3, 0.4) is 0 Å². The van der Waals surface area contributed by atoms with E-state index in [0.29, 0.717) is 18.9 Å². The third kappa shape index (κ3) is 3.47. The zero-order valence-corrected chi connectivity index (χ0v) is 12.8. The lowest BCUT2D eigenvalue weighted by molar-refractivity contribution is -0.154. The molecule has 1 saturated carbocycles. The summed E-state index contributed by atoms with van der Waals surface area (Å²) in [6, 6.07) is 10.4. The van der Waals surface area contributed by atoms with Gasteiger partial charge in [0.05, 0.1) is 18.3 Å². The molecular weight excluding hydrogens is 262 g/mol. The summed E-state index contributed by atoms with van der Waals surface area (Å²) in [6.45, 7) is 2.36. The van der Waals surface area contributed by atoms with E-state index in [2.05, 4.69) is 29.6 Å². The second kappa shape index (κ2) is 6.91. The van der Waals surface area contributed by atoms with Gasteiger partial charge in [-0.05, 0) is 24.3 Å². The van der Waals surface area contributed by atoms with E-state index in [1.54, 1.807) is 0 Å². The normalized spacial score (nSPS) is 27.2. The Hall–Kier alpha value is -0.900. The summed E-state index contributed by atoms with van der Waals surface area (Å²) in [7, 11) is 0. The van der Waals surface area contributed by atoms with Gasteiger partial charge >= 0.3 is 0 Å². The van der Waals surface area contributed by atoms with Crippen LogP contribution in [-0.2, 0) is 11.2 Å².